The number of piperazine rings is 1. The molecule has 0 spiro atoms. The first-order valence-electron chi connectivity index (χ1n) is 9.04. The van der Waals surface area contributed by atoms with Crippen LogP contribution in [0.15, 0.2) is 18.2 Å². The van der Waals surface area contributed by atoms with Crippen LogP contribution >= 0.6 is 0 Å². The van der Waals surface area contributed by atoms with Gasteiger partial charge in [-0.25, -0.2) is 9.18 Å². The molecule has 5 nitrogen and oxygen atoms in total. The summed E-state index contributed by atoms with van der Waals surface area (Å²) in [5.41, 5.74) is -2.54. The van der Waals surface area contributed by atoms with E-state index in [1.807, 2.05) is 0 Å². The Labute approximate surface area is 160 Å². The third-order valence-electron chi connectivity index (χ3n) is 4.89. The van der Waals surface area contributed by atoms with Crippen molar-refractivity contribution in [3.63, 3.8) is 0 Å². The molecule has 2 amide bonds. The van der Waals surface area contributed by atoms with Gasteiger partial charge < -0.3 is 9.64 Å². The zero-order chi connectivity index (χ0) is 20.9. The van der Waals surface area contributed by atoms with Gasteiger partial charge in [0.2, 0.25) is 0 Å². The van der Waals surface area contributed by atoms with E-state index in [1.54, 1.807) is 25.7 Å². The summed E-state index contributed by atoms with van der Waals surface area (Å²) in [5.74, 6) is -1.87. The van der Waals surface area contributed by atoms with Gasteiger partial charge in [-0.1, -0.05) is 0 Å². The molecule has 9 heteroatoms. The average molecular weight is 402 g/mol. The Kier molecular flexibility index (Phi) is 5.05. The largest absolute Gasteiger partial charge is 0.444 e. The van der Waals surface area contributed by atoms with E-state index in [4.69, 9.17) is 4.74 Å². The average Bonchev–Trinajstić information content (AvgIpc) is 2.82. The Morgan fingerprint density at radius 1 is 1.07 bits per heavy atom. The topological polar surface area (TPSA) is 49.9 Å². The van der Waals surface area contributed by atoms with Gasteiger partial charge in [0, 0.05) is 13.1 Å². The van der Waals surface area contributed by atoms with Gasteiger partial charge in [-0.15, -0.1) is 0 Å². The van der Waals surface area contributed by atoms with Crippen LogP contribution in [0.1, 0.15) is 49.5 Å². The molecular weight excluding hydrogens is 380 g/mol. The quantitative estimate of drug-likeness (QED) is 0.666. The molecule has 2 aliphatic heterocycles. The normalized spacial score (nSPS) is 22.4. The maximum Gasteiger partial charge on any atom is 0.417 e. The molecule has 2 fully saturated rings. The standard InChI is InChI=1S/C19H22F4N2O3/c1-18(2,3)28-17(27)25-12-5-6-13(25)10-24(9-12)16(26)14-7-4-11(20)8-15(14)19(21,22)23/h4,7-8,12-13H,5-6,9-10H2,1-3H3. The Balaban J connectivity index is 1.80. The highest BCUT2D eigenvalue weighted by Crippen LogP contribution is 2.36. The van der Waals surface area contributed by atoms with E-state index in [2.05, 4.69) is 0 Å². The first kappa shape index (κ1) is 20.4. The minimum Gasteiger partial charge on any atom is -0.444 e. The number of likely N-dealkylation sites (tertiary alicyclic amines) is 1. The van der Waals surface area contributed by atoms with Crippen molar-refractivity contribution in [3.05, 3.63) is 35.1 Å². The van der Waals surface area contributed by atoms with E-state index in [-0.39, 0.29) is 25.2 Å². The highest BCUT2D eigenvalue weighted by atomic mass is 19.4. The summed E-state index contributed by atoms with van der Waals surface area (Å²) < 4.78 is 58.4. The van der Waals surface area contributed by atoms with Gasteiger partial charge in [-0.2, -0.15) is 13.2 Å². The van der Waals surface area contributed by atoms with Crippen LogP contribution in [0, 0.1) is 5.82 Å². The molecule has 28 heavy (non-hydrogen) atoms. The number of alkyl halides is 3. The fourth-order valence-corrected chi connectivity index (χ4v) is 3.79. The molecule has 0 N–H and O–H groups in total. The number of ether oxygens (including phenoxy) is 1. The smallest absolute Gasteiger partial charge is 0.417 e. The van der Waals surface area contributed by atoms with Gasteiger partial charge in [-0.05, 0) is 51.8 Å². The molecule has 2 saturated heterocycles. The predicted molar refractivity (Wildman–Crippen MR) is 92.2 cm³/mol. The van der Waals surface area contributed by atoms with Crippen molar-refractivity contribution >= 4 is 12.0 Å². The summed E-state index contributed by atoms with van der Waals surface area (Å²) >= 11 is 0. The number of amides is 2. The minimum absolute atomic E-state index is 0.114. The summed E-state index contributed by atoms with van der Waals surface area (Å²) in [4.78, 5) is 28.1. The van der Waals surface area contributed by atoms with Crippen LogP contribution < -0.4 is 0 Å². The summed E-state index contributed by atoms with van der Waals surface area (Å²) in [5, 5.41) is 0. The molecule has 2 bridgehead atoms. The van der Waals surface area contributed by atoms with Gasteiger partial charge in [0.1, 0.15) is 11.4 Å². The SMILES string of the molecule is CC(C)(C)OC(=O)N1C2CCC1CN(C(=O)c1ccc(F)cc1C(F)(F)F)C2. The Morgan fingerprint density at radius 3 is 2.14 bits per heavy atom. The molecule has 0 aliphatic carbocycles. The fraction of sp³-hybridized carbons (Fsp3) is 0.579. The van der Waals surface area contributed by atoms with E-state index >= 15 is 0 Å². The number of carbonyl (C=O) groups excluding carboxylic acids is 2. The number of carbonyl (C=O) groups is 2. The number of nitrogens with zero attached hydrogens (tertiary/aromatic N) is 2. The molecule has 0 saturated carbocycles. The summed E-state index contributed by atoms with van der Waals surface area (Å²) in [6.45, 7) is 5.48. The monoisotopic (exact) mass is 402 g/mol. The Hall–Kier alpha value is -2.32. The second-order valence-corrected chi connectivity index (χ2v) is 8.17. The summed E-state index contributed by atoms with van der Waals surface area (Å²) in [6.07, 6.45) is -4.04. The maximum absolute atomic E-state index is 13.3. The van der Waals surface area contributed by atoms with Gasteiger partial charge in [0.15, 0.2) is 0 Å². The number of halogens is 4. The number of hydrogen-bond acceptors (Lipinski definition) is 3. The van der Waals surface area contributed by atoms with Gasteiger partial charge >= 0.3 is 12.3 Å². The Bertz CT molecular complexity index is 774. The number of hydrogen-bond donors (Lipinski definition) is 0. The molecule has 1 aromatic carbocycles. The number of fused-ring (bicyclic) bond motifs is 2. The molecule has 3 rings (SSSR count). The highest BCUT2D eigenvalue weighted by molar-refractivity contribution is 5.96. The van der Waals surface area contributed by atoms with Crippen molar-refractivity contribution in [2.75, 3.05) is 13.1 Å². The highest BCUT2D eigenvalue weighted by Gasteiger charge is 2.46. The second kappa shape index (κ2) is 6.93. The number of rotatable bonds is 1. The van der Waals surface area contributed by atoms with Crippen LogP contribution in [0.4, 0.5) is 22.4 Å². The van der Waals surface area contributed by atoms with Gasteiger partial charge in [-0.3, -0.25) is 9.69 Å². The molecule has 1 aromatic rings. The fourth-order valence-electron chi connectivity index (χ4n) is 3.79. The van der Waals surface area contributed by atoms with Crippen molar-refractivity contribution in [1.82, 2.24) is 9.80 Å². The van der Waals surface area contributed by atoms with Crippen LogP contribution in [0.3, 0.4) is 0 Å². The Morgan fingerprint density at radius 2 is 1.64 bits per heavy atom. The van der Waals surface area contributed by atoms with E-state index in [0.717, 1.165) is 12.1 Å². The minimum atomic E-state index is -4.84. The van der Waals surface area contributed by atoms with Crippen molar-refractivity contribution in [1.29, 1.82) is 0 Å². The number of benzene rings is 1. The molecule has 0 aromatic heterocycles. The van der Waals surface area contributed by atoms with Crippen LogP contribution in [-0.2, 0) is 10.9 Å². The van der Waals surface area contributed by atoms with Gasteiger partial charge in [0.05, 0.1) is 23.2 Å². The third-order valence-corrected chi connectivity index (χ3v) is 4.89. The molecule has 154 valence electrons. The summed E-state index contributed by atoms with van der Waals surface area (Å²) in [6, 6.07) is 1.41. The maximum atomic E-state index is 13.3. The van der Waals surface area contributed by atoms with Gasteiger partial charge in [0.25, 0.3) is 5.91 Å². The van der Waals surface area contributed by atoms with Crippen LogP contribution in [0.2, 0.25) is 0 Å². The van der Waals surface area contributed by atoms with Crippen LogP contribution in [-0.4, -0.2) is 52.6 Å². The lowest BCUT2D eigenvalue weighted by molar-refractivity contribution is -0.138. The van der Waals surface area contributed by atoms with E-state index in [0.29, 0.717) is 18.9 Å². The van der Waals surface area contributed by atoms with E-state index in [9.17, 15) is 27.2 Å². The van der Waals surface area contributed by atoms with Crippen molar-refractivity contribution in [2.24, 2.45) is 0 Å². The lowest BCUT2D eigenvalue weighted by Gasteiger charge is -2.41. The molecule has 2 heterocycles. The summed E-state index contributed by atoms with van der Waals surface area (Å²) in [7, 11) is 0. The first-order valence-corrected chi connectivity index (χ1v) is 9.04. The van der Waals surface area contributed by atoms with Crippen molar-refractivity contribution in [2.45, 2.75) is 57.5 Å². The van der Waals surface area contributed by atoms with Crippen LogP contribution in [0.5, 0.6) is 0 Å². The predicted octanol–water partition coefficient (Wildman–Crippen LogP) is 4.07. The lowest BCUT2D eigenvalue weighted by atomic mass is 10.0. The molecule has 0 radical (unpaired) electrons. The zero-order valence-corrected chi connectivity index (χ0v) is 15.8. The second-order valence-electron chi connectivity index (χ2n) is 8.17. The van der Waals surface area contributed by atoms with Crippen LogP contribution in [0.25, 0.3) is 0 Å². The lowest BCUT2D eigenvalue weighted by Crippen LogP contribution is -2.58. The van der Waals surface area contributed by atoms with E-state index < -0.39 is 40.7 Å². The van der Waals surface area contributed by atoms with Crippen molar-refractivity contribution < 1.29 is 31.9 Å². The third kappa shape index (κ3) is 4.07. The zero-order valence-electron chi connectivity index (χ0n) is 15.8. The molecular formula is C19H22F4N2O3. The van der Waals surface area contributed by atoms with E-state index in [1.165, 1.54) is 4.90 Å². The van der Waals surface area contributed by atoms with Crippen molar-refractivity contribution in [3.8, 4) is 0 Å². The molecule has 2 unspecified atom stereocenters. The first-order chi connectivity index (χ1) is 12.9. The molecule has 2 atom stereocenters. The molecule has 2 aliphatic rings.